The number of carbonyl (C=O) groups excluding carboxylic acids is 3. The van der Waals surface area contributed by atoms with Crippen molar-refractivity contribution in [2.24, 2.45) is 5.92 Å². The van der Waals surface area contributed by atoms with Gasteiger partial charge in [-0.05, 0) is 13.0 Å². The molecule has 2 rings (SSSR count). The zero-order valence-corrected chi connectivity index (χ0v) is 13.1. The van der Waals surface area contributed by atoms with Crippen molar-refractivity contribution in [3.63, 3.8) is 0 Å². The summed E-state index contributed by atoms with van der Waals surface area (Å²) in [7, 11) is 2.78. The van der Waals surface area contributed by atoms with E-state index in [4.69, 9.17) is 14.2 Å². The molecule has 0 saturated heterocycles. The molecule has 1 aromatic carbocycles. The zero-order valence-electron chi connectivity index (χ0n) is 13.1. The number of ether oxygens (including phenoxy) is 3. The molecular formula is C16H18O7. The lowest BCUT2D eigenvalue weighted by molar-refractivity contribution is -0.119. The Morgan fingerprint density at radius 1 is 1.35 bits per heavy atom. The first-order valence-electron chi connectivity index (χ1n) is 7.03. The van der Waals surface area contributed by atoms with Gasteiger partial charge >= 0.3 is 5.97 Å². The topological polar surface area (TPSA) is 99.1 Å². The van der Waals surface area contributed by atoms with E-state index < -0.39 is 23.8 Å². The second-order valence-corrected chi connectivity index (χ2v) is 5.29. The van der Waals surface area contributed by atoms with E-state index in [9.17, 15) is 19.5 Å². The van der Waals surface area contributed by atoms with Crippen LogP contribution in [0.1, 0.15) is 34.1 Å². The average molecular weight is 322 g/mol. The van der Waals surface area contributed by atoms with Crippen LogP contribution in [-0.4, -0.2) is 49.6 Å². The number of cyclic esters (lactones) is 1. The first-order chi connectivity index (χ1) is 10.9. The van der Waals surface area contributed by atoms with Gasteiger partial charge in [0.1, 0.15) is 23.9 Å². The fourth-order valence-corrected chi connectivity index (χ4v) is 2.51. The van der Waals surface area contributed by atoms with E-state index in [1.54, 1.807) is 0 Å². The minimum atomic E-state index is -1.23. The number of carbonyl (C=O) groups is 3. The van der Waals surface area contributed by atoms with Crippen LogP contribution in [0.3, 0.4) is 0 Å². The number of rotatable bonds is 5. The summed E-state index contributed by atoms with van der Waals surface area (Å²) < 4.78 is 15.3. The first-order valence-corrected chi connectivity index (χ1v) is 7.03. The lowest BCUT2D eigenvalue weighted by atomic mass is 9.89. The summed E-state index contributed by atoms with van der Waals surface area (Å²) in [5.41, 5.74) is 0.0483. The van der Waals surface area contributed by atoms with Crippen molar-refractivity contribution in [2.45, 2.75) is 19.4 Å². The molecule has 0 fully saturated rings. The standard InChI is InChI=1S/C16H18O7/c1-8(17)4-12(18)11-7-23-16(20)10-5-9(21-2)6-13(22-3)14(10)15(11)19/h5-6,11-12,18H,4,7H2,1-3H3/t11-,12-/m1/s1. The maximum Gasteiger partial charge on any atom is 0.339 e. The summed E-state index contributed by atoms with van der Waals surface area (Å²) in [5.74, 6) is -1.99. The number of methoxy groups -OCH3 is 2. The highest BCUT2D eigenvalue weighted by molar-refractivity contribution is 6.11. The van der Waals surface area contributed by atoms with Crippen LogP contribution >= 0.6 is 0 Å². The van der Waals surface area contributed by atoms with E-state index in [2.05, 4.69) is 0 Å². The van der Waals surface area contributed by atoms with E-state index >= 15 is 0 Å². The number of aliphatic hydroxyl groups excluding tert-OH is 1. The summed E-state index contributed by atoms with van der Waals surface area (Å²) in [4.78, 5) is 36.1. The molecule has 0 aliphatic carbocycles. The Kier molecular flexibility index (Phi) is 5.00. The van der Waals surface area contributed by atoms with Crippen molar-refractivity contribution in [1.82, 2.24) is 0 Å². The lowest BCUT2D eigenvalue weighted by Crippen LogP contribution is -2.33. The van der Waals surface area contributed by atoms with Crippen molar-refractivity contribution in [3.05, 3.63) is 23.3 Å². The zero-order chi connectivity index (χ0) is 17.1. The maximum atomic E-state index is 12.8. The van der Waals surface area contributed by atoms with Crippen LogP contribution < -0.4 is 9.47 Å². The largest absolute Gasteiger partial charge is 0.497 e. The highest BCUT2D eigenvalue weighted by Gasteiger charge is 2.38. The SMILES string of the molecule is COc1cc(OC)c2c(c1)C(=O)OC[C@H]([C@H](O)CC(C)=O)C2=O. The van der Waals surface area contributed by atoms with Gasteiger partial charge in [-0.1, -0.05) is 0 Å². The Morgan fingerprint density at radius 2 is 2.04 bits per heavy atom. The van der Waals surface area contributed by atoms with Crippen LogP contribution in [0.5, 0.6) is 11.5 Å². The number of Topliss-reactive ketones (excluding diaryl/α,β-unsaturated/α-hetero) is 2. The van der Waals surface area contributed by atoms with E-state index in [-0.39, 0.29) is 35.7 Å². The third kappa shape index (κ3) is 3.34. The van der Waals surface area contributed by atoms with Crippen molar-refractivity contribution in [2.75, 3.05) is 20.8 Å². The van der Waals surface area contributed by atoms with Crippen LogP contribution in [0, 0.1) is 5.92 Å². The first kappa shape index (κ1) is 17.0. The minimum absolute atomic E-state index is 0.0173. The minimum Gasteiger partial charge on any atom is -0.497 e. The summed E-state index contributed by atoms with van der Waals surface area (Å²) >= 11 is 0. The van der Waals surface area contributed by atoms with Crippen LogP contribution in [-0.2, 0) is 9.53 Å². The summed E-state index contributed by atoms with van der Waals surface area (Å²) in [6.07, 6.45) is -1.42. The molecule has 7 nitrogen and oxygen atoms in total. The van der Waals surface area contributed by atoms with Gasteiger partial charge in [0.25, 0.3) is 0 Å². The molecule has 0 spiro atoms. The molecule has 0 aromatic heterocycles. The second kappa shape index (κ2) is 6.78. The normalized spacial score (nSPS) is 18.5. The molecule has 1 N–H and O–H groups in total. The summed E-state index contributed by atoms with van der Waals surface area (Å²) in [5, 5.41) is 10.1. The number of fused-ring (bicyclic) bond motifs is 1. The van der Waals surface area contributed by atoms with E-state index in [0.29, 0.717) is 5.75 Å². The molecule has 1 aromatic rings. The highest BCUT2D eigenvalue weighted by Crippen LogP contribution is 2.34. The molecule has 0 unspecified atom stereocenters. The predicted octanol–water partition coefficient (Wildman–Crippen LogP) is 1.01. The molecule has 1 heterocycles. The van der Waals surface area contributed by atoms with Crippen molar-refractivity contribution in [1.29, 1.82) is 0 Å². The highest BCUT2D eigenvalue weighted by atomic mass is 16.5. The van der Waals surface area contributed by atoms with Gasteiger partial charge in [-0.15, -0.1) is 0 Å². The second-order valence-electron chi connectivity index (χ2n) is 5.29. The van der Waals surface area contributed by atoms with Crippen LogP contribution in [0.25, 0.3) is 0 Å². The van der Waals surface area contributed by atoms with E-state index in [0.717, 1.165) is 0 Å². The van der Waals surface area contributed by atoms with Gasteiger partial charge in [-0.3, -0.25) is 9.59 Å². The molecule has 7 heteroatoms. The summed E-state index contributed by atoms with van der Waals surface area (Å²) in [6, 6.07) is 2.86. The van der Waals surface area contributed by atoms with Crippen LogP contribution in [0.15, 0.2) is 12.1 Å². The number of aliphatic hydroxyl groups is 1. The van der Waals surface area contributed by atoms with Crippen LogP contribution in [0.2, 0.25) is 0 Å². The van der Waals surface area contributed by atoms with Gasteiger partial charge in [0.2, 0.25) is 0 Å². The molecule has 1 aliphatic heterocycles. The van der Waals surface area contributed by atoms with Gasteiger partial charge < -0.3 is 19.3 Å². The Bertz CT molecular complexity index is 650. The molecule has 124 valence electrons. The molecule has 23 heavy (non-hydrogen) atoms. The van der Waals surface area contributed by atoms with Gasteiger partial charge in [0, 0.05) is 12.5 Å². The lowest BCUT2D eigenvalue weighted by Gasteiger charge is -2.19. The number of hydrogen-bond acceptors (Lipinski definition) is 7. The molecule has 0 radical (unpaired) electrons. The fraction of sp³-hybridized carbons (Fsp3) is 0.438. The molecule has 1 aliphatic rings. The third-order valence-electron chi connectivity index (χ3n) is 3.69. The van der Waals surface area contributed by atoms with Crippen molar-refractivity contribution >= 4 is 17.5 Å². The Morgan fingerprint density at radius 3 is 2.61 bits per heavy atom. The van der Waals surface area contributed by atoms with E-state index in [1.165, 1.54) is 33.3 Å². The molecule has 0 amide bonds. The quantitative estimate of drug-likeness (QED) is 0.808. The molecular weight excluding hydrogens is 304 g/mol. The van der Waals surface area contributed by atoms with Crippen LogP contribution in [0.4, 0.5) is 0 Å². The maximum absolute atomic E-state index is 12.8. The molecule has 0 saturated carbocycles. The van der Waals surface area contributed by atoms with Gasteiger partial charge in [-0.25, -0.2) is 4.79 Å². The van der Waals surface area contributed by atoms with Crippen molar-refractivity contribution < 1.29 is 33.7 Å². The number of ketones is 2. The Balaban J connectivity index is 2.52. The molecule has 2 atom stereocenters. The number of hydrogen-bond donors (Lipinski definition) is 1. The average Bonchev–Trinajstić information content (AvgIpc) is 2.63. The van der Waals surface area contributed by atoms with Gasteiger partial charge in [-0.2, -0.15) is 0 Å². The molecule has 0 bridgehead atoms. The van der Waals surface area contributed by atoms with Crippen molar-refractivity contribution in [3.8, 4) is 11.5 Å². The van der Waals surface area contributed by atoms with E-state index in [1.807, 2.05) is 0 Å². The Hall–Kier alpha value is -2.41. The smallest absolute Gasteiger partial charge is 0.339 e. The fourth-order valence-electron chi connectivity index (χ4n) is 2.51. The summed E-state index contributed by atoms with van der Waals surface area (Å²) in [6.45, 7) is 1.02. The third-order valence-corrected chi connectivity index (χ3v) is 3.69. The van der Waals surface area contributed by atoms with Gasteiger partial charge in [0.15, 0.2) is 5.78 Å². The number of benzene rings is 1. The Labute approximate surface area is 133 Å². The van der Waals surface area contributed by atoms with Gasteiger partial charge in [0.05, 0.1) is 37.4 Å². The predicted molar refractivity (Wildman–Crippen MR) is 79.0 cm³/mol. The monoisotopic (exact) mass is 322 g/mol. The number of esters is 1.